The van der Waals surface area contributed by atoms with E-state index in [0.29, 0.717) is 12.5 Å². The zero-order valence-electron chi connectivity index (χ0n) is 11.0. The summed E-state index contributed by atoms with van der Waals surface area (Å²) in [6, 6.07) is 6.45. The lowest BCUT2D eigenvalue weighted by Gasteiger charge is -2.21. The number of benzene rings is 1. The molecule has 5 heteroatoms. The van der Waals surface area contributed by atoms with Crippen molar-refractivity contribution in [3.63, 3.8) is 0 Å². The molecule has 2 unspecified atom stereocenters. The first-order valence-corrected chi connectivity index (χ1v) is 6.34. The number of carbonyl (C=O) groups excluding carboxylic acids is 1. The molecule has 0 bridgehead atoms. The monoisotopic (exact) mass is 286 g/mol. The molecule has 0 aromatic heterocycles. The number of rotatable bonds is 3. The van der Waals surface area contributed by atoms with Crippen molar-refractivity contribution in [2.75, 3.05) is 13.1 Å². The Bertz CT molecular complexity index is 441. The van der Waals surface area contributed by atoms with Crippen LogP contribution < -0.4 is 5.73 Å². The molecule has 1 heterocycles. The maximum absolute atomic E-state index is 13.0. The molecular weight excluding hydrogens is 267 g/mol. The van der Waals surface area contributed by atoms with E-state index in [4.69, 9.17) is 5.73 Å². The number of halogens is 2. The first kappa shape index (κ1) is 15.9. The summed E-state index contributed by atoms with van der Waals surface area (Å²) in [5, 5.41) is 0. The normalized spacial score (nSPS) is 22.2. The molecule has 2 atom stereocenters. The number of nitrogens with two attached hydrogens (primary N) is 1. The van der Waals surface area contributed by atoms with Crippen molar-refractivity contribution in [2.45, 2.75) is 25.8 Å². The van der Waals surface area contributed by atoms with E-state index in [2.05, 4.69) is 0 Å². The lowest BCUT2D eigenvalue weighted by molar-refractivity contribution is -0.131. The van der Waals surface area contributed by atoms with Crippen LogP contribution in [0.4, 0.5) is 4.39 Å². The molecule has 0 spiro atoms. The first-order chi connectivity index (χ1) is 8.60. The molecule has 1 amide bonds. The number of carbonyl (C=O) groups is 1. The maximum Gasteiger partial charge on any atom is 0.227 e. The zero-order valence-corrected chi connectivity index (χ0v) is 11.8. The molecule has 0 radical (unpaired) electrons. The van der Waals surface area contributed by atoms with Gasteiger partial charge in [0.15, 0.2) is 0 Å². The van der Waals surface area contributed by atoms with Gasteiger partial charge in [-0.15, -0.1) is 12.4 Å². The third kappa shape index (κ3) is 3.91. The van der Waals surface area contributed by atoms with Crippen LogP contribution in [0.2, 0.25) is 0 Å². The average Bonchev–Trinajstić information content (AvgIpc) is 2.70. The van der Waals surface area contributed by atoms with E-state index in [0.717, 1.165) is 18.5 Å². The van der Waals surface area contributed by atoms with Crippen LogP contribution in [0.5, 0.6) is 0 Å². The summed E-state index contributed by atoms with van der Waals surface area (Å²) in [4.78, 5) is 14.0. The lowest BCUT2D eigenvalue weighted by atomic mass is 10.1. The van der Waals surface area contributed by atoms with Crippen molar-refractivity contribution in [3.8, 4) is 0 Å². The Labute approximate surface area is 119 Å². The summed E-state index contributed by atoms with van der Waals surface area (Å²) >= 11 is 0. The van der Waals surface area contributed by atoms with Crippen LogP contribution in [0.3, 0.4) is 0 Å². The number of likely N-dealkylation sites (tertiary alicyclic amines) is 1. The van der Waals surface area contributed by atoms with E-state index in [1.54, 1.807) is 12.1 Å². The van der Waals surface area contributed by atoms with E-state index in [1.165, 1.54) is 12.1 Å². The van der Waals surface area contributed by atoms with Crippen LogP contribution in [0, 0.1) is 11.7 Å². The molecule has 1 aliphatic rings. The molecule has 0 saturated carbocycles. The lowest BCUT2D eigenvalue weighted by Crippen LogP contribution is -2.35. The van der Waals surface area contributed by atoms with Crippen molar-refractivity contribution in [3.05, 3.63) is 35.6 Å². The summed E-state index contributed by atoms with van der Waals surface area (Å²) in [5.41, 5.74) is 6.37. The Morgan fingerprint density at radius 1 is 1.53 bits per heavy atom. The molecule has 2 N–H and O–H groups in total. The SMILES string of the molecule is CC1CC(CN)CN1C(=O)Cc1cccc(F)c1.Cl. The third-order valence-corrected chi connectivity index (χ3v) is 3.56. The molecule has 1 saturated heterocycles. The van der Waals surface area contributed by atoms with Crippen LogP contribution in [-0.2, 0) is 11.2 Å². The number of hydrogen-bond donors (Lipinski definition) is 1. The summed E-state index contributed by atoms with van der Waals surface area (Å²) in [5.74, 6) is 0.162. The van der Waals surface area contributed by atoms with Crippen LogP contribution in [0.1, 0.15) is 18.9 Å². The minimum Gasteiger partial charge on any atom is -0.339 e. The van der Waals surface area contributed by atoms with Gasteiger partial charge in [-0.1, -0.05) is 12.1 Å². The van der Waals surface area contributed by atoms with Gasteiger partial charge in [-0.3, -0.25) is 4.79 Å². The summed E-state index contributed by atoms with van der Waals surface area (Å²) in [6.07, 6.45) is 1.23. The van der Waals surface area contributed by atoms with Crippen LogP contribution in [-0.4, -0.2) is 29.9 Å². The summed E-state index contributed by atoms with van der Waals surface area (Å²) < 4.78 is 13.0. The maximum atomic E-state index is 13.0. The largest absolute Gasteiger partial charge is 0.339 e. The second kappa shape index (κ2) is 6.87. The Kier molecular flexibility index (Phi) is 5.76. The van der Waals surface area contributed by atoms with Gasteiger partial charge in [0, 0.05) is 12.6 Å². The Balaban J connectivity index is 0.00000180. The predicted molar refractivity (Wildman–Crippen MR) is 75.7 cm³/mol. The van der Waals surface area contributed by atoms with E-state index < -0.39 is 0 Å². The molecule has 1 aliphatic heterocycles. The first-order valence-electron chi connectivity index (χ1n) is 6.34. The smallest absolute Gasteiger partial charge is 0.227 e. The molecule has 0 aliphatic carbocycles. The van der Waals surface area contributed by atoms with Crippen molar-refractivity contribution in [1.29, 1.82) is 0 Å². The van der Waals surface area contributed by atoms with Gasteiger partial charge in [0.05, 0.1) is 6.42 Å². The van der Waals surface area contributed by atoms with Gasteiger partial charge in [0.2, 0.25) is 5.91 Å². The Hall–Kier alpha value is -1.13. The van der Waals surface area contributed by atoms with Crippen molar-refractivity contribution < 1.29 is 9.18 Å². The minimum atomic E-state index is -0.297. The highest BCUT2D eigenvalue weighted by Gasteiger charge is 2.31. The van der Waals surface area contributed by atoms with E-state index in [-0.39, 0.29) is 36.6 Å². The summed E-state index contributed by atoms with van der Waals surface area (Å²) in [7, 11) is 0. The van der Waals surface area contributed by atoms with Gasteiger partial charge in [-0.05, 0) is 43.5 Å². The van der Waals surface area contributed by atoms with E-state index in [1.807, 2.05) is 11.8 Å². The van der Waals surface area contributed by atoms with Gasteiger partial charge < -0.3 is 10.6 Å². The van der Waals surface area contributed by atoms with Gasteiger partial charge in [0.25, 0.3) is 0 Å². The standard InChI is InChI=1S/C14H19FN2O.ClH/c1-10-5-12(8-16)9-17(10)14(18)7-11-3-2-4-13(15)6-11;/h2-4,6,10,12H,5,7-9,16H2,1H3;1H. The predicted octanol–water partition coefficient (Wildman–Crippen LogP) is 1.99. The Morgan fingerprint density at radius 2 is 2.26 bits per heavy atom. The van der Waals surface area contributed by atoms with E-state index >= 15 is 0 Å². The van der Waals surface area contributed by atoms with Crippen molar-refractivity contribution in [1.82, 2.24) is 4.90 Å². The molecule has 3 nitrogen and oxygen atoms in total. The van der Waals surface area contributed by atoms with E-state index in [9.17, 15) is 9.18 Å². The van der Waals surface area contributed by atoms with Crippen molar-refractivity contribution in [2.24, 2.45) is 11.7 Å². The van der Waals surface area contributed by atoms with Crippen LogP contribution >= 0.6 is 12.4 Å². The van der Waals surface area contributed by atoms with Gasteiger partial charge in [-0.25, -0.2) is 4.39 Å². The molecule has 106 valence electrons. The molecule has 1 aromatic rings. The fourth-order valence-corrected chi connectivity index (χ4v) is 2.58. The number of amides is 1. The highest BCUT2D eigenvalue weighted by Crippen LogP contribution is 2.23. The minimum absolute atomic E-state index is 0. The highest BCUT2D eigenvalue weighted by molar-refractivity contribution is 5.85. The highest BCUT2D eigenvalue weighted by atomic mass is 35.5. The fourth-order valence-electron chi connectivity index (χ4n) is 2.58. The average molecular weight is 287 g/mol. The van der Waals surface area contributed by atoms with Crippen LogP contribution in [0.15, 0.2) is 24.3 Å². The second-order valence-corrected chi connectivity index (χ2v) is 5.04. The van der Waals surface area contributed by atoms with Gasteiger partial charge in [0.1, 0.15) is 5.82 Å². The van der Waals surface area contributed by atoms with Crippen LogP contribution in [0.25, 0.3) is 0 Å². The molecular formula is C14H20ClFN2O. The van der Waals surface area contributed by atoms with Gasteiger partial charge in [-0.2, -0.15) is 0 Å². The molecule has 1 fully saturated rings. The quantitative estimate of drug-likeness (QED) is 0.924. The molecule has 19 heavy (non-hydrogen) atoms. The summed E-state index contributed by atoms with van der Waals surface area (Å²) in [6.45, 7) is 3.39. The third-order valence-electron chi connectivity index (χ3n) is 3.56. The molecule has 1 aromatic carbocycles. The molecule has 2 rings (SSSR count). The zero-order chi connectivity index (χ0) is 13.1. The number of nitrogens with zero attached hydrogens (tertiary/aromatic N) is 1. The topological polar surface area (TPSA) is 46.3 Å². The number of hydrogen-bond acceptors (Lipinski definition) is 2. The van der Waals surface area contributed by atoms with Crippen molar-refractivity contribution >= 4 is 18.3 Å². The Morgan fingerprint density at radius 3 is 2.84 bits per heavy atom. The fraction of sp³-hybridized carbons (Fsp3) is 0.500. The van der Waals surface area contributed by atoms with Gasteiger partial charge >= 0.3 is 0 Å². The second-order valence-electron chi connectivity index (χ2n) is 5.04.